The molecule has 0 saturated carbocycles. The summed E-state index contributed by atoms with van der Waals surface area (Å²) < 4.78 is 32.9. The highest BCUT2D eigenvalue weighted by atomic mass is 32.2. The van der Waals surface area contributed by atoms with Gasteiger partial charge < -0.3 is 14.2 Å². The quantitative estimate of drug-likeness (QED) is 0.762. The summed E-state index contributed by atoms with van der Waals surface area (Å²) in [6.45, 7) is 1.01. The summed E-state index contributed by atoms with van der Waals surface area (Å²) in [5.74, 6) is -0.265. The number of amides is 1. The van der Waals surface area contributed by atoms with E-state index in [9.17, 15) is 13.2 Å². The summed E-state index contributed by atoms with van der Waals surface area (Å²) in [6.07, 6.45) is 6.50. The van der Waals surface area contributed by atoms with E-state index in [4.69, 9.17) is 4.74 Å². The third kappa shape index (κ3) is 3.05. The fourth-order valence-electron chi connectivity index (χ4n) is 3.32. The van der Waals surface area contributed by atoms with Crippen molar-refractivity contribution in [2.75, 3.05) is 25.4 Å². The fourth-order valence-corrected chi connectivity index (χ4v) is 5.23. The predicted octanol–water partition coefficient (Wildman–Crippen LogP) is -0.0135. The lowest BCUT2D eigenvalue weighted by molar-refractivity contribution is -0.121. The molecular weight excluding hydrogens is 344 g/mol. The second kappa shape index (κ2) is 5.92. The number of carbonyl (C=O) groups excluding carboxylic acids is 1. The molecule has 0 radical (unpaired) electrons. The van der Waals surface area contributed by atoms with Crippen molar-refractivity contribution >= 4 is 15.7 Å². The fraction of sp³-hybridized carbons (Fsp3) is 0.438. The Bertz CT molecular complexity index is 861. The Morgan fingerprint density at radius 3 is 2.80 bits per heavy atom. The Balaban J connectivity index is 1.41. The number of ether oxygens (including phenoxy) is 1. The average Bonchev–Trinajstić information content (AvgIpc) is 3.07. The first-order valence-electron chi connectivity index (χ1n) is 7.99. The molecular formula is C16H18N4O4S. The van der Waals surface area contributed by atoms with E-state index in [-0.39, 0.29) is 31.4 Å². The smallest absolute Gasteiger partial charge is 0.272 e. The molecule has 132 valence electrons. The monoisotopic (exact) mass is 362 g/mol. The van der Waals surface area contributed by atoms with Gasteiger partial charge in [0, 0.05) is 25.1 Å². The molecule has 8 nitrogen and oxygen atoms in total. The van der Waals surface area contributed by atoms with Gasteiger partial charge in [-0.1, -0.05) is 6.07 Å². The Morgan fingerprint density at radius 1 is 1.32 bits per heavy atom. The van der Waals surface area contributed by atoms with Crippen LogP contribution in [0.25, 0.3) is 0 Å². The lowest BCUT2D eigenvalue weighted by Crippen LogP contribution is -2.70. The highest BCUT2D eigenvalue weighted by Gasteiger charge is 2.54. The number of carbonyl (C=O) groups is 1. The van der Waals surface area contributed by atoms with Crippen molar-refractivity contribution in [3.05, 3.63) is 48.8 Å². The highest BCUT2D eigenvalue weighted by molar-refractivity contribution is 7.92. The minimum Gasteiger partial charge on any atom is -0.369 e. The van der Waals surface area contributed by atoms with E-state index in [0.29, 0.717) is 12.2 Å². The Kier molecular flexibility index (Phi) is 3.84. The maximum Gasteiger partial charge on any atom is 0.272 e. The molecule has 0 unspecified atom stereocenters. The van der Waals surface area contributed by atoms with Crippen LogP contribution >= 0.6 is 0 Å². The molecule has 2 aromatic heterocycles. The summed E-state index contributed by atoms with van der Waals surface area (Å²) in [4.78, 5) is 21.9. The van der Waals surface area contributed by atoms with Gasteiger partial charge in [0.2, 0.25) is 0 Å². The first kappa shape index (κ1) is 16.2. The molecule has 2 fully saturated rings. The van der Waals surface area contributed by atoms with Gasteiger partial charge in [0.05, 0.1) is 31.8 Å². The van der Waals surface area contributed by atoms with Gasteiger partial charge >= 0.3 is 0 Å². The number of pyridine rings is 1. The number of nitrogens with zero attached hydrogens (tertiary/aromatic N) is 4. The molecule has 2 saturated heterocycles. The first-order valence-corrected chi connectivity index (χ1v) is 9.71. The number of rotatable bonds is 3. The molecule has 2 aromatic rings. The molecule has 0 aromatic carbocycles. The van der Waals surface area contributed by atoms with Crippen LogP contribution in [-0.4, -0.2) is 70.1 Å². The number of imidazole rings is 1. The van der Waals surface area contributed by atoms with Crippen LogP contribution in [0.15, 0.2) is 43.1 Å². The molecule has 4 heterocycles. The van der Waals surface area contributed by atoms with Gasteiger partial charge in [-0.05, 0) is 12.1 Å². The van der Waals surface area contributed by atoms with Crippen molar-refractivity contribution in [1.29, 1.82) is 0 Å². The number of sulfone groups is 1. The summed E-state index contributed by atoms with van der Waals surface area (Å²) in [6, 6.07) is 5.14. The minimum absolute atomic E-state index is 0.0641. The Hall–Kier alpha value is -2.26. The molecule has 0 aliphatic carbocycles. The van der Waals surface area contributed by atoms with Gasteiger partial charge in [-0.15, -0.1) is 0 Å². The van der Waals surface area contributed by atoms with E-state index >= 15 is 0 Å². The van der Waals surface area contributed by atoms with Crippen LogP contribution in [-0.2, 0) is 21.1 Å². The molecule has 1 amide bonds. The minimum atomic E-state index is -3.31. The lowest BCUT2D eigenvalue weighted by atomic mass is 9.95. The van der Waals surface area contributed by atoms with E-state index in [0.717, 1.165) is 0 Å². The number of hydrogen-bond acceptors (Lipinski definition) is 6. The van der Waals surface area contributed by atoms with Gasteiger partial charge in [-0.2, -0.15) is 0 Å². The zero-order valence-corrected chi connectivity index (χ0v) is 14.3. The van der Waals surface area contributed by atoms with Gasteiger partial charge in [-0.3, -0.25) is 9.78 Å². The number of aromatic nitrogens is 3. The summed E-state index contributed by atoms with van der Waals surface area (Å²) in [5, 5.41) is -0.590. The average molecular weight is 362 g/mol. The van der Waals surface area contributed by atoms with Crippen LogP contribution < -0.4 is 0 Å². The van der Waals surface area contributed by atoms with Gasteiger partial charge in [0.15, 0.2) is 9.84 Å². The lowest BCUT2D eigenvalue weighted by Gasteiger charge is -2.52. The maximum absolute atomic E-state index is 12.6. The van der Waals surface area contributed by atoms with Crippen LogP contribution in [0.2, 0.25) is 0 Å². The normalized spacial score (nSPS) is 24.0. The van der Waals surface area contributed by atoms with E-state index in [1.54, 1.807) is 52.6 Å². The molecule has 1 atom stereocenters. The second-order valence-corrected chi connectivity index (χ2v) is 8.84. The number of hydrogen-bond donors (Lipinski definition) is 0. The highest BCUT2D eigenvalue weighted by Crippen LogP contribution is 2.33. The van der Waals surface area contributed by atoms with Crippen molar-refractivity contribution in [3.63, 3.8) is 0 Å². The van der Waals surface area contributed by atoms with Crippen LogP contribution in [0, 0.1) is 0 Å². The zero-order chi connectivity index (χ0) is 17.5. The predicted molar refractivity (Wildman–Crippen MR) is 88.6 cm³/mol. The first-order chi connectivity index (χ1) is 12.0. The van der Waals surface area contributed by atoms with Crippen LogP contribution in [0.4, 0.5) is 0 Å². The zero-order valence-electron chi connectivity index (χ0n) is 13.5. The maximum atomic E-state index is 12.6. The molecule has 2 aliphatic heterocycles. The largest absolute Gasteiger partial charge is 0.369 e. The SMILES string of the molecule is O=C(c1ccccn1)N1CC2(C1)CS(=O)(=O)[C@@H](Cn1ccnc1)CO2. The molecule has 0 N–H and O–H groups in total. The van der Waals surface area contributed by atoms with Crippen LogP contribution in [0.5, 0.6) is 0 Å². The van der Waals surface area contributed by atoms with E-state index < -0.39 is 20.7 Å². The summed E-state index contributed by atoms with van der Waals surface area (Å²) in [5.41, 5.74) is -0.427. The Morgan fingerprint density at radius 2 is 2.16 bits per heavy atom. The van der Waals surface area contributed by atoms with Crippen LogP contribution in [0.1, 0.15) is 10.5 Å². The third-order valence-corrected chi connectivity index (χ3v) is 6.88. The molecule has 9 heteroatoms. The molecule has 2 aliphatic rings. The van der Waals surface area contributed by atoms with Crippen molar-refractivity contribution < 1.29 is 17.9 Å². The van der Waals surface area contributed by atoms with Crippen molar-refractivity contribution in [3.8, 4) is 0 Å². The summed E-state index contributed by atoms with van der Waals surface area (Å²) >= 11 is 0. The molecule has 1 spiro atoms. The standard InChI is InChI=1S/C16H18N4O4S/c21-15(14-3-1-2-4-18-14)20-9-16(10-20)11-25(22,23)13(8-24-16)7-19-6-5-17-12-19/h1-6,12-13H,7-11H2/t13-/m0/s1. The van der Waals surface area contributed by atoms with Gasteiger partial charge in [0.1, 0.15) is 16.5 Å². The van der Waals surface area contributed by atoms with Gasteiger partial charge in [-0.25, -0.2) is 13.4 Å². The van der Waals surface area contributed by atoms with Crippen molar-refractivity contribution in [1.82, 2.24) is 19.4 Å². The van der Waals surface area contributed by atoms with E-state index in [2.05, 4.69) is 9.97 Å². The van der Waals surface area contributed by atoms with Gasteiger partial charge in [0.25, 0.3) is 5.91 Å². The van der Waals surface area contributed by atoms with Crippen molar-refractivity contribution in [2.24, 2.45) is 0 Å². The Labute approximate surface area is 145 Å². The molecule has 0 bridgehead atoms. The molecule has 25 heavy (non-hydrogen) atoms. The number of likely N-dealkylation sites (tertiary alicyclic amines) is 1. The third-order valence-electron chi connectivity index (χ3n) is 4.65. The van der Waals surface area contributed by atoms with E-state index in [1.807, 2.05) is 0 Å². The van der Waals surface area contributed by atoms with Crippen LogP contribution in [0.3, 0.4) is 0 Å². The molecule has 4 rings (SSSR count). The topological polar surface area (TPSA) is 94.4 Å². The van der Waals surface area contributed by atoms with E-state index in [1.165, 1.54) is 0 Å². The summed E-state index contributed by atoms with van der Waals surface area (Å²) in [7, 11) is -3.31. The van der Waals surface area contributed by atoms with Crippen molar-refractivity contribution in [2.45, 2.75) is 17.4 Å². The second-order valence-electron chi connectivity index (χ2n) is 6.56.